The number of hydrogen-bond donors (Lipinski definition) is 0. The minimum atomic E-state index is -0.543. The largest absolute Gasteiger partial charge is 0.307 e. The van der Waals surface area contributed by atoms with Crippen molar-refractivity contribution in [3.63, 3.8) is 0 Å². The van der Waals surface area contributed by atoms with Crippen molar-refractivity contribution in [2.45, 2.75) is 5.41 Å². The molecule has 0 saturated heterocycles. The van der Waals surface area contributed by atoms with Gasteiger partial charge in [0.05, 0.1) is 16.8 Å². The van der Waals surface area contributed by atoms with E-state index >= 15 is 4.39 Å². The molecule has 0 aromatic heterocycles. The number of anilines is 3. The molecule has 0 atom stereocenters. The number of benzene rings is 8. The van der Waals surface area contributed by atoms with Crippen LogP contribution in [0.25, 0.3) is 43.8 Å². The first kappa shape index (κ1) is 26.2. The second-order valence-electron chi connectivity index (χ2n) is 12.5. The van der Waals surface area contributed by atoms with Gasteiger partial charge in [-0.2, -0.15) is 0 Å². The van der Waals surface area contributed by atoms with Crippen LogP contribution in [-0.2, 0) is 5.41 Å². The predicted molar refractivity (Wildman–Crippen MR) is 192 cm³/mol. The zero-order chi connectivity index (χ0) is 31.1. The van der Waals surface area contributed by atoms with E-state index < -0.39 is 5.41 Å². The van der Waals surface area contributed by atoms with Crippen molar-refractivity contribution < 1.29 is 4.39 Å². The highest BCUT2D eigenvalue weighted by molar-refractivity contribution is 6.16. The second kappa shape index (κ2) is 9.75. The molecule has 0 N–H and O–H groups in total. The molecule has 0 aliphatic heterocycles. The van der Waals surface area contributed by atoms with Crippen molar-refractivity contribution in [3.05, 3.63) is 198 Å². The molecule has 220 valence electrons. The third kappa shape index (κ3) is 3.42. The van der Waals surface area contributed by atoms with Crippen LogP contribution >= 0.6 is 0 Å². The quantitative estimate of drug-likeness (QED) is 0.195. The van der Waals surface area contributed by atoms with Crippen molar-refractivity contribution in [2.24, 2.45) is 0 Å². The fourth-order valence-electron chi connectivity index (χ4n) is 8.54. The Morgan fingerprint density at radius 2 is 0.979 bits per heavy atom. The third-order valence-corrected chi connectivity index (χ3v) is 10.3. The average molecular weight is 602 g/mol. The molecule has 1 nitrogen and oxygen atoms in total. The summed E-state index contributed by atoms with van der Waals surface area (Å²) in [5.74, 6) is -0.263. The van der Waals surface area contributed by atoms with Crippen LogP contribution in [0.3, 0.4) is 0 Å². The Labute approximate surface area is 272 Å². The maximum Gasteiger partial charge on any atom is 0.147 e. The van der Waals surface area contributed by atoms with E-state index in [0.29, 0.717) is 5.69 Å². The number of hydrogen-bond acceptors (Lipinski definition) is 1. The fourth-order valence-corrected chi connectivity index (χ4v) is 8.54. The Bertz CT molecular complexity index is 2500. The minimum absolute atomic E-state index is 0.263. The zero-order valence-electron chi connectivity index (χ0n) is 25.5. The lowest BCUT2D eigenvalue weighted by molar-refractivity contribution is 0.629. The van der Waals surface area contributed by atoms with Gasteiger partial charge in [0.25, 0.3) is 0 Å². The smallest absolute Gasteiger partial charge is 0.147 e. The van der Waals surface area contributed by atoms with Gasteiger partial charge in [-0.25, -0.2) is 4.39 Å². The van der Waals surface area contributed by atoms with Gasteiger partial charge < -0.3 is 4.90 Å². The lowest BCUT2D eigenvalue weighted by Crippen LogP contribution is -2.26. The van der Waals surface area contributed by atoms with E-state index in [1.54, 1.807) is 12.1 Å². The number of rotatable bonds is 3. The third-order valence-electron chi connectivity index (χ3n) is 10.3. The number of fused-ring (bicyclic) bond motifs is 14. The van der Waals surface area contributed by atoms with Gasteiger partial charge in [0.1, 0.15) is 5.82 Å². The molecule has 0 heterocycles. The van der Waals surface area contributed by atoms with E-state index in [0.717, 1.165) is 22.1 Å². The second-order valence-corrected chi connectivity index (χ2v) is 12.5. The summed E-state index contributed by atoms with van der Waals surface area (Å²) in [5, 5.41) is 4.71. The molecule has 10 rings (SSSR count). The maximum absolute atomic E-state index is 15.9. The number of halogens is 1. The molecule has 0 amide bonds. The highest BCUT2D eigenvalue weighted by Gasteiger charge is 2.52. The van der Waals surface area contributed by atoms with Crippen molar-refractivity contribution >= 4 is 38.6 Å². The SMILES string of the molecule is Fc1ccccc1N(c1ccccc1)c1cc2c(c3ccccc13)-c1c(ccc3ccccc13)C21c2ccccc2-c2ccccc21. The zero-order valence-corrected chi connectivity index (χ0v) is 25.5. The Balaban J connectivity index is 1.43. The van der Waals surface area contributed by atoms with E-state index in [9.17, 15) is 0 Å². The van der Waals surface area contributed by atoms with Gasteiger partial charge in [-0.05, 0) is 91.0 Å². The molecule has 0 bridgehead atoms. The molecule has 0 saturated carbocycles. The standard InChI is InChI=1S/C45H28FN/c46-40-24-12-13-25-41(40)47(30-15-2-1-3-16-30)42-28-39-44(35-21-7-6-20-34(35)42)43-31-17-5-4-14-29(31)26-27-38(43)45(39)36-22-10-8-18-32(36)33-19-9-11-23-37(33)45/h1-28H. The first-order valence-electron chi connectivity index (χ1n) is 16.1. The Hall–Kier alpha value is -5.99. The van der Waals surface area contributed by atoms with Crippen LogP contribution < -0.4 is 4.90 Å². The van der Waals surface area contributed by atoms with Crippen LogP contribution in [0.15, 0.2) is 170 Å². The summed E-state index contributed by atoms with van der Waals surface area (Å²) in [4.78, 5) is 2.10. The van der Waals surface area contributed by atoms with Crippen LogP contribution in [0.4, 0.5) is 21.5 Å². The fraction of sp³-hybridized carbons (Fsp3) is 0.0222. The first-order valence-corrected chi connectivity index (χ1v) is 16.1. The summed E-state index contributed by atoms with van der Waals surface area (Å²) in [7, 11) is 0. The molecule has 2 aliphatic rings. The molecular formula is C45H28FN. The molecule has 0 radical (unpaired) electrons. The summed E-state index contributed by atoms with van der Waals surface area (Å²) >= 11 is 0. The van der Waals surface area contributed by atoms with Crippen LogP contribution in [0.5, 0.6) is 0 Å². The average Bonchev–Trinajstić information content (AvgIpc) is 3.61. The number of nitrogens with zero attached hydrogens (tertiary/aromatic N) is 1. The predicted octanol–water partition coefficient (Wildman–Crippen LogP) is 11.9. The van der Waals surface area contributed by atoms with E-state index in [-0.39, 0.29) is 5.82 Å². The van der Waals surface area contributed by atoms with Gasteiger partial charge in [-0.15, -0.1) is 0 Å². The Morgan fingerprint density at radius 1 is 0.404 bits per heavy atom. The topological polar surface area (TPSA) is 3.24 Å². The molecule has 47 heavy (non-hydrogen) atoms. The lowest BCUT2D eigenvalue weighted by Gasteiger charge is -2.33. The highest BCUT2D eigenvalue weighted by Crippen LogP contribution is 2.65. The normalized spacial score (nSPS) is 13.4. The van der Waals surface area contributed by atoms with E-state index in [2.05, 4.69) is 132 Å². The minimum Gasteiger partial charge on any atom is -0.307 e. The highest BCUT2D eigenvalue weighted by atomic mass is 19.1. The molecule has 0 unspecified atom stereocenters. The van der Waals surface area contributed by atoms with Crippen LogP contribution in [-0.4, -0.2) is 0 Å². The number of para-hydroxylation sites is 2. The molecule has 8 aromatic carbocycles. The van der Waals surface area contributed by atoms with E-state index in [4.69, 9.17) is 0 Å². The molecular weight excluding hydrogens is 574 g/mol. The van der Waals surface area contributed by atoms with Crippen molar-refractivity contribution in [2.75, 3.05) is 4.90 Å². The molecule has 8 aromatic rings. The van der Waals surface area contributed by atoms with Gasteiger partial charge in [-0.3, -0.25) is 0 Å². The molecule has 2 heteroatoms. The first-order chi connectivity index (χ1) is 23.3. The maximum atomic E-state index is 15.9. The molecule has 2 aliphatic carbocycles. The lowest BCUT2D eigenvalue weighted by atomic mass is 9.70. The molecule has 1 spiro atoms. The Kier molecular flexibility index (Phi) is 5.45. The van der Waals surface area contributed by atoms with Crippen molar-refractivity contribution in [1.29, 1.82) is 0 Å². The van der Waals surface area contributed by atoms with Gasteiger partial charge in [-0.1, -0.05) is 140 Å². The van der Waals surface area contributed by atoms with Gasteiger partial charge >= 0.3 is 0 Å². The van der Waals surface area contributed by atoms with Gasteiger partial charge in [0.15, 0.2) is 0 Å². The van der Waals surface area contributed by atoms with Crippen molar-refractivity contribution in [1.82, 2.24) is 0 Å². The van der Waals surface area contributed by atoms with Crippen LogP contribution in [0.1, 0.15) is 22.3 Å². The Morgan fingerprint density at radius 3 is 1.72 bits per heavy atom. The van der Waals surface area contributed by atoms with E-state index in [1.807, 2.05) is 30.3 Å². The van der Waals surface area contributed by atoms with Gasteiger partial charge in [0.2, 0.25) is 0 Å². The monoisotopic (exact) mass is 601 g/mol. The summed E-state index contributed by atoms with van der Waals surface area (Å²) in [5.41, 5.74) is 12.0. The van der Waals surface area contributed by atoms with Crippen molar-refractivity contribution in [3.8, 4) is 22.3 Å². The van der Waals surface area contributed by atoms with E-state index in [1.165, 1.54) is 55.3 Å². The summed E-state index contributed by atoms with van der Waals surface area (Å²) in [6.07, 6.45) is 0. The van der Waals surface area contributed by atoms with Crippen LogP contribution in [0, 0.1) is 5.82 Å². The molecule has 0 fully saturated rings. The van der Waals surface area contributed by atoms with Crippen LogP contribution in [0.2, 0.25) is 0 Å². The summed E-state index contributed by atoms with van der Waals surface area (Å²) in [6.45, 7) is 0. The summed E-state index contributed by atoms with van der Waals surface area (Å²) < 4.78 is 15.9. The summed E-state index contributed by atoms with van der Waals surface area (Å²) in [6, 6.07) is 59.5. The van der Waals surface area contributed by atoms with Gasteiger partial charge in [0, 0.05) is 11.1 Å².